The highest BCUT2D eigenvalue weighted by atomic mass is 32.1. The van der Waals surface area contributed by atoms with Crippen LogP contribution in [0.1, 0.15) is 25.6 Å². The van der Waals surface area contributed by atoms with E-state index in [0.29, 0.717) is 0 Å². The van der Waals surface area contributed by atoms with Gasteiger partial charge in [0.1, 0.15) is 5.60 Å². The summed E-state index contributed by atoms with van der Waals surface area (Å²) in [5.41, 5.74) is -0.138. The van der Waals surface area contributed by atoms with Gasteiger partial charge in [-0.15, -0.1) is 11.3 Å². The minimum atomic E-state index is -0.138. The molecule has 0 bridgehead atoms. The van der Waals surface area contributed by atoms with Crippen molar-refractivity contribution in [1.82, 2.24) is 0 Å². The standard InChI is InChI=1S/C10H16O2S/c1-10(2,3)12-9-5-4-8(13-9)6-7-11/h4-5,11H,6-7H2,1-3H3. The van der Waals surface area contributed by atoms with Crippen molar-refractivity contribution in [2.45, 2.75) is 32.8 Å². The van der Waals surface area contributed by atoms with Crippen LogP contribution in [0.25, 0.3) is 0 Å². The maximum atomic E-state index is 8.73. The Bertz CT molecular complexity index is 260. The summed E-state index contributed by atoms with van der Waals surface area (Å²) in [6.45, 7) is 6.28. The topological polar surface area (TPSA) is 29.5 Å². The molecule has 0 fully saturated rings. The minimum absolute atomic E-state index is 0.138. The summed E-state index contributed by atoms with van der Waals surface area (Å²) in [6, 6.07) is 3.96. The van der Waals surface area contributed by atoms with Gasteiger partial charge in [0, 0.05) is 17.9 Å². The number of hydrogen-bond acceptors (Lipinski definition) is 3. The molecule has 0 aliphatic heterocycles. The van der Waals surface area contributed by atoms with Gasteiger partial charge in [-0.1, -0.05) is 0 Å². The van der Waals surface area contributed by atoms with E-state index in [9.17, 15) is 0 Å². The first-order valence-corrected chi connectivity index (χ1v) is 5.21. The summed E-state index contributed by atoms with van der Waals surface area (Å²) in [7, 11) is 0. The van der Waals surface area contributed by atoms with E-state index in [0.717, 1.165) is 11.5 Å². The monoisotopic (exact) mass is 200 g/mol. The molecule has 0 aliphatic rings. The van der Waals surface area contributed by atoms with Crippen LogP contribution in [0.5, 0.6) is 5.06 Å². The van der Waals surface area contributed by atoms with E-state index in [2.05, 4.69) is 0 Å². The van der Waals surface area contributed by atoms with Crippen molar-refractivity contribution in [3.8, 4) is 5.06 Å². The molecule has 0 amide bonds. The Labute approximate surface area is 83.2 Å². The lowest BCUT2D eigenvalue weighted by atomic mass is 10.2. The molecule has 0 radical (unpaired) electrons. The maximum absolute atomic E-state index is 8.73. The van der Waals surface area contributed by atoms with Crippen LogP contribution in [0, 0.1) is 0 Å². The van der Waals surface area contributed by atoms with E-state index in [4.69, 9.17) is 9.84 Å². The zero-order valence-electron chi connectivity index (χ0n) is 8.33. The second-order valence-corrected chi connectivity index (χ2v) is 5.04. The number of aliphatic hydroxyl groups excluding tert-OH is 1. The zero-order chi connectivity index (χ0) is 9.90. The van der Waals surface area contributed by atoms with Crippen LogP contribution in [-0.2, 0) is 6.42 Å². The van der Waals surface area contributed by atoms with Crippen molar-refractivity contribution < 1.29 is 9.84 Å². The Morgan fingerprint density at radius 1 is 1.38 bits per heavy atom. The van der Waals surface area contributed by atoms with Crippen LogP contribution in [0.2, 0.25) is 0 Å². The van der Waals surface area contributed by atoms with Gasteiger partial charge in [-0.25, -0.2) is 0 Å². The summed E-state index contributed by atoms with van der Waals surface area (Å²) in [6.07, 6.45) is 0.720. The maximum Gasteiger partial charge on any atom is 0.174 e. The fourth-order valence-electron chi connectivity index (χ4n) is 0.959. The van der Waals surface area contributed by atoms with Gasteiger partial charge in [0.05, 0.1) is 0 Å². The van der Waals surface area contributed by atoms with Crippen LogP contribution in [0.4, 0.5) is 0 Å². The molecular weight excluding hydrogens is 184 g/mol. The normalized spacial score (nSPS) is 11.7. The Morgan fingerprint density at radius 2 is 2.08 bits per heavy atom. The third-order valence-corrected chi connectivity index (χ3v) is 2.42. The highest BCUT2D eigenvalue weighted by Gasteiger charge is 2.12. The largest absolute Gasteiger partial charge is 0.479 e. The molecule has 1 aromatic heterocycles. The molecule has 1 heterocycles. The predicted octanol–water partition coefficient (Wildman–Crippen LogP) is 2.46. The average Bonchev–Trinajstić information content (AvgIpc) is 2.33. The quantitative estimate of drug-likeness (QED) is 0.812. The lowest BCUT2D eigenvalue weighted by molar-refractivity contribution is 0.136. The number of hydrogen-bond donors (Lipinski definition) is 1. The molecule has 13 heavy (non-hydrogen) atoms. The number of aliphatic hydroxyl groups is 1. The summed E-state index contributed by atoms with van der Waals surface area (Å²) >= 11 is 1.60. The average molecular weight is 200 g/mol. The van der Waals surface area contributed by atoms with Crippen molar-refractivity contribution >= 4 is 11.3 Å². The fourth-order valence-corrected chi connectivity index (χ4v) is 1.98. The molecule has 3 heteroatoms. The van der Waals surface area contributed by atoms with E-state index in [1.165, 1.54) is 4.88 Å². The number of ether oxygens (including phenoxy) is 1. The number of thiophene rings is 1. The smallest absolute Gasteiger partial charge is 0.174 e. The van der Waals surface area contributed by atoms with E-state index < -0.39 is 0 Å². The van der Waals surface area contributed by atoms with Gasteiger partial charge >= 0.3 is 0 Å². The van der Waals surface area contributed by atoms with Crippen molar-refractivity contribution in [2.75, 3.05) is 6.61 Å². The van der Waals surface area contributed by atoms with Crippen LogP contribution < -0.4 is 4.74 Å². The Hall–Kier alpha value is -0.540. The van der Waals surface area contributed by atoms with Crippen LogP contribution >= 0.6 is 11.3 Å². The molecule has 0 atom stereocenters. The molecular formula is C10H16O2S. The second-order valence-electron chi connectivity index (χ2n) is 3.91. The van der Waals surface area contributed by atoms with Gasteiger partial charge < -0.3 is 9.84 Å². The van der Waals surface area contributed by atoms with Crippen LogP contribution in [-0.4, -0.2) is 17.3 Å². The Kier molecular flexibility index (Phi) is 3.33. The van der Waals surface area contributed by atoms with Gasteiger partial charge in [0.15, 0.2) is 5.06 Å². The Balaban J connectivity index is 2.59. The highest BCUT2D eigenvalue weighted by Crippen LogP contribution is 2.27. The summed E-state index contributed by atoms with van der Waals surface area (Å²) in [5, 5.41) is 9.65. The third-order valence-electron chi connectivity index (χ3n) is 1.40. The summed E-state index contributed by atoms with van der Waals surface area (Å²) in [4.78, 5) is 1.17. The van der Waals surface area contributed by atoms with Gasteiger partial charge in [0.25, 0.3) is 0 Å². The number of rotatable bonds is 3. The summed E-state index contributed by atoms with van der Waals surface area (Å²) in [5.74, 6) is 0. The molecule has 0 aliphatic carbocycles. The predicted molar refractivity (Wildman–Crippen MR) is 55.5 cm³/mol. The van der Waals surface area contributed by atoms with E-state index in [1.54, 1.807) is 11.3 Å². The summed E-state index contributed by atoms with van der Waals surface area (Å²) < 4.78 is 5.67. The lowest BCUT2D eigenvalue weighted by Crippen LogP contribution is -2.22. The Morgan fingerprint density at radius 3 is 2.62 bits per heavy atom. The fraction of sp³-hybridized carbons (Fsp3) is 0.600. The molecule has 74 valence electrons. The van der Waals surface area contributed by atoms with Crippen molar-refractivity contribution in [3.63, 3.8) is 0 Å². The van der Waals surface area contributed by atoms with E-state index in [-0.39, 0.29) is 12.2 Å². The molecule has 0 unspecified atom stereocenters. The first-order chi connectivity index (χ1) is 6.01. The molecule has 1 rings (SSSR count). The molecule has 1 aromatic rings. The third kappa shape index (κ3) is 3.79. The van der Waals surface area contributed by atoms with Crippen LogP contribution in [0.15, 0.2) is 12.1 Å². The van der Waals surface area contributed by atoms with Gasteiger partial charge in [-0.3, -0.25) is 0 Å². The highest BCUT2D eigenvalue weighted by molar-refractivity contribution is 7.13. The molecule has 0 aromatic carbocycles. The SMILES string of the molecule is CC(C)(C)Oc1ccc(CCO)s1. The first kappa shape index (κ1) is 10.5. The van der Waals surface area contributed by atoms with Crippen molar-refractivity contribution in [3.05, 3.63) is 17.0 Å². The van der Waals surface area contributed by atoms with Gasteiger partial charge in [-0.2, -0.15) is 0 Å². The molecule has 1 N–H and O–H groups in total. The van der Waals surface area contributed by atoms with Gasteiger partial charge in [-0.05, 0) is 32.9 Å². The van der Waals surface area contributed by atoms with Gasteiger partial charge in [0.2, 0.25) is 0 Å². The first-order valence-electron chi connectivity index (χ1n) is 4.40. The molecule has 0 saturated heterocycles. The van der Waals surface area contributed by atoms with E-state index in [1.807, 2.05) is 32.9 Å². The second kappa shape index (κ2) is 4.11. The van der Waals surface area contributed by atoms with Crippen molar-refractivity contribution in [1.29, 1.82) is 0 Å². The van der Waals surface area contributed by atoms with Crippen LogP contribution in [0.3, 0.4) is 0 Å². The molecule has 0 spiro atoms. The van der Waals surface area contributed by atoms with Crippen molar-refractivity contribution in [2.24, 2.45) is 0 Å². The molecule has 2 nitrogen and oxygen atoms in total. The zero-order valence-corrected chi connectivity index (χ0v) is 9.15. The lowest BCUT2D eigenvalue weighted by Gasteiger charge is -2.19. The minimum Gasteiger partial charge on any atom is -0.479 e. The van der Waals surface area contributed by atoms with E-state index >= 15 is 0 Å². The molecule has 0 saturated carbocycles.